The van der Waals surface area contributed by atoms with E-state index in [0.717, 1.165) is 44.3 Å². The van der Waals surface area contributed by atoms with E-state index in [0.29, 0.717) is 16.3 Å². The summed E-state index contributed by atoms with van der Waals surface area (Å²) in [6.07, 6.45) is 9.42. The first-order chi connectivity index (χ1) is 11.8. The molecule has 0 spiro atoms. The van der Waals surface area contributed by atoms with Gasteiger partial charge in [0.1, 0.15) is 0 Å². The van der Waals surface area contributed by atoms with Gasteiger partial charge in [0.25, 0.3) is 0 Å². The molecule has 0 unspecified atom stereocenters. The minimum Gasteiger partial charge on any atom is -0.369 e. The van der Waals surface area contributed by atoms with Gasteiger partial charge in [-0.2, -0.15) is 0 Å². The van der Waals surface area contributed by atoms with Gasteiger partial charge in [-0.25, -0.2) is 0 Å². The maximum Gasteiger partial charge on any atom is 0.234 e. The van der Waals surface area contributed by atoms with E-state index < -0.39 is 0 Å². The molecular formula is C19H30BrN3O2. The Morgan fingerprint density at radius 3 is 2.32 bits per heavy atom. The van der Waals surface area contributed by atoms with Crippen molar-refractivity contribution < 1.29 is 9.59 Å². The molecule has 1 heterocycles. The van der Waals surface area contributed by atoms with Crippen LogP contribution in [0.5, 0.6) is 0 Å². The summed E-state index contributed by atoms with van der Waals surface area (Å²) in [6.45, 7) is 2.87. The Morgan fingerprint density at radius 1 is 1.12 bits per heavy atom. The smallest absolute Gasteiger partial charge is 0.234 e. The normalized spacial score (nSPS) is 41.0. The largest absolute Gasteiger partial charge is 0.369 e. The van der Waals surface area contributed by atoms with Crippen LogP contribution in [0.1, 0.15) is 51.4 Å². The highest BCUT2D eigenvalue weighted by molar-refractivity contribution is 9.10. The first kappa shape index (κ1) is 17.8. The summed E-state index contributed by atoms with van der Waals surface area (Å²) >= 11 is 4.04. The number of halogens is 1. The molecule has 2 amide bonds. The molecular weight excluding hydrogens is 382 g/mol. The predicted octanol–water partition coefficient (Wildman–Crippen LogP) is 2.03. The Kier molecular flexibility index (Phi) is 4.64. The summed E-state index contributed by atoms with van der Waals surface area (Å²) in [5, 5.41) is 3.25. The number of carbonyl (C=O) groups is 2. The van der Waals surface area contributed by atoms with E-state index in [-0.39, 0.29) is 17.7 Å². The summed E-state index contributed by atoms with van der Waals surface area (Å²) in [5.41, 5.74) is 5.70. The SMILES string of the molecule is NC(=O)C1CCN(CC(=O)NCC23C[C@H]4C[C@@H](CC(Br)(C4)C2)C3)CC1. The van der Waals surface area contributed by atoms with Gasteiger partial charge in [-0.05, 0) is 81.7 Å². The average molecular weight is 412 g/mol. The second-order valence-corrected chi connectivity index (χ2v) is 11.0. The first-order valence-electron chi connectivity index (χ1n) is 9.82. The number of piperidine rings is 1. The zero-order chi connectivity index (χ0) is 17.7. The van der Waals surface area contributed by atoms with Crippen molar-refractivity contribution in [1.82, 2.24) is 10.2 Å². The third-order valence-electron chi connectivity index (χ3n) is 7.13. The molecule has 140 valence electrons. The number of amides is 2. The van der Waals surface area contributed by atoms with Gasteiger partial charge in [-0.3, -0.25) is 14.5 Å². The molecule has 0 radical (unpaired) electrons. The number of nitrogens with two attached hydrogens (primary N) is 1. The molecule has 2 atom stereocenters. The molecule has 1 saturated heterocycles. The van der Waals surface area contributed by atoms with Crippen LogP contribution in [0.4, 0.5) is 0 Å². The molecule has 1 aliphatic heterocycles. The molecule has 5 nitrogen and oxygen atoms in total. The maximum absolute atomic E-state index is 12.4. The summed E-state index contributed by atoms with van der Waals surface area (Å²) in [5.74, 6) is 1.63. The minimum atomic E-state index is -0.199. The summed E-state index contributed by atoms with van der Waals surface area (Å²) in [6, 6.07) is 0. The second-order valence-electron chi connectivity index (χ2n) is 9.34. The van der Waals surface area contributed by atoms with Crippen LogP contribution >= 0.6 is 15.9 Å². The first-order valence-corrected chi connectivity index (χ1v) is 10.6. The van der Waals surface area contributed by atoms with Crippen LogP contribution < -0.4 is 11.1 Å². The number of nitrogens with one attached hydrogen (secondary N) is 1. The summed E-state index contributed by atoms with van der Waals surface area (Å²) in [7, 11) is 0. The molecule has 4 bridgehead atoms. The van der Waals surface area contributed by atoms with Crippen LogP contribution in [0.15, 0.2) is 0 Å². The molecule has 4 aliphatic carbocycles. The van der Waals surface area contributed by atoms with E-state index >= 15 is 0 Å². The van der Waals surface area contributed by atoms with Crippen LogP contribution in [0.2, 0.25) is 0 Å². The molecule has 5 fully saturated rings. The number of primary amides is 1. The summed E-state index contributed by atoms with van der Waals surface area (Å²) in [4.78, 5) is 25.8. The third kappa shape index (κ3) is 3.75. The highest BCUT2D eigenvalue weighted by Crippen LogP contribution is 2.64. The quantitative estimate of drug-likeness (QED) is 0.679. The van der Waals surface area contributed by atoms with Crippen molar-refractivity contribution in [2.45, 2.75) is 55.7 Å². The monoisotopic (exact) mass is 411 g/mol. The van der Waals surface area contributed by atoms with Crippen LogP contribution in [0.25, 0.3) is 0 Å². The molecule has 6 heteroatoms. The molecule has 4 saturated carbocycles. The van der Waals surface area contributed by atoms with Crippen molar-refractivity contribution in [1.29, 1.82) is 0 Å². The van der Waals surface area contributed by atoms with E-state index in [1.165, 1.54) is 38.5 Å². The number of hydrogen-bond acceptors (Lipinski definition) is 3. The van der Waals surface area contributed by atoms with E-state index in [9.17, 15) is 9.59 Å². The zero-order valence-electron chi connectivity index (χ0n) is 14.9. The molecule has 3 N–H and O–H groups in total. The van der Waals surface area contributed by atoms with Gasteiger partial charge in [0.05, 0.1) is 6.54 Å². The van der Waals surface area contributed by atoms with Crippen LogP contribution in [0.3, 0.4) is 0 Å². The topological polar surface area (TPSA) is 75.4 Å². The fraction of sp³-hybridized carbons (Fsp3) is 0.895. The van der Waals surface area contributed by atoms with Gasteiger partial charge in [-0.15, -0.1) is 0 Å². The van der Waals surface area contributed by atoms with E-state index in [1.54, 1.807) is 0 Å². The lowest BCUT2D eigenvalue weighted by atomic mass is 9.49. The molecule has 0 aromatic heterocycles. The van der Waals surface area contributed by atoms with E-state index in [1.807, 2.05) is 0 Å². The molecule has 5 rings (SSSR count). The zero-order valence-corrected chi connectivity index (χ0v) is 16.5. The Balaban J connectivity index is 1.26. The average Bonchev–Trinajstić information content (AvgIpc) is 2.51. The second kappa shape index (κ2) is 6.52. The third-order valence-corrected chi connectivity index (χ3v) is 8.06. The number of alkyl halides is 1. The molecule has 5 aliphatic rings. The standard InChI is InChI=1S/C19H30BrN3O2/c20-19-8-13-5-14(9-19)7-18(6-13,11-19)12-22-16(24)10-23-3-1-15(2-4-23)17(21)25/h13-15H,1-12H2,(H2,21,25)(H,22,24)/t13-,14-,18?,19?/m1/s1. The number of likely N-dealkylation sites (tertiary alicyclic amines) is 1. The Morgan fingerprint density at radius 2 is 1.76 bits per heavy atom. The van der Waals surface area contributed by atoms with E-state index in [2.05, 4.69) is 26.1 Å². The van der Waals surface area contributed by atoms with Crippen molar-refractivity contribution in [3.05, 3.63) is 0 Å². The Hall–Kier alpha value is -0.620. The highest BCUT2D eigenvalue weighted by atomic mass is 79.9. The lowest BCUT2D eigenvalue weighted by molar-refractivity contribution is -0.125. The number of hydrogen-bond donors (Lipinski definition) is 2. The highest BCUT2D eigenvalue weighted by Gasteiger charge is 2.56. The van der Waals surface area contributed by atoms with Crippen LogP contribution in [-0.2, 0) is 9.59 Å². The maximum atomic E-state index is 12.4. The molecule has 0 aromatic carbocycles. The Bertz CT molecular complexity index is 545. The van der Waals surface area contributed by atoms with Crippen molar-refractivity contribution in [2.75, 3.05) is 26.2 Å². The van der Waals surface area contributed by atoms with Gasteiger partial charge in [-0.1, -0.05) is 15.9 Å². The van der Waals surface area contributed by atoms with Crippen molar-refractivity contribution >= 4 is 27.7 Å². The lowest BCUT2D eigenvalue weighted by Crippen LogP contribution is -2.56. The molecule has 0 aromatic rings. The predicted molar refractivity (Wildman–Crippen MR) is 100 cm³/mol. The summed E-state index contributed by atoms with van der Waals surface area (Å²) < 4.78 is 0.346. The van der Waals surface area contributed by atoms with Crippen molar-refractivity contribution in [3.8, 4) is 0 Å². The van der Waals surface area contributed by atoms with Gasteiger partial charge in [0.2, 0.25) is 11.8 Å². The molecule has 25 heavy (non-hydrogen) atoms. The van der Waals surface area contributed by atoms with Crippen molar-refractivity contribution in [3.63, 3.8) is 0 Å². The fourth-order valence-electron chi connectivity index (χ4n) is 6.46. The van der Waals surface area contributed by atoms with E-state index in [4.69, 9.17) is 5.73 Å². The fourth-order valence-corrected chi connectivity index (χ4v) is 7.97. The number of carbonyl (C=O) groups excluding carboxylic acids is 2. The van der Waals surface area contributed by atoms with Gasteiger partial charge in [0, 0.05) is 16.8 Å². The van der Waals surface area contributed by atoms with Crippen molar-refractivity contribution in [2.24, 2.45) is 28.9 Å². The minimum absolute atomic E-state index is 0.0125. The Labute approximate surface area is 158 Å². The van der Waals surface area contributed by atoms with Gasteiger partial charge < -0.3 is 11.1 Å². The lowest BCUT2D eigenvalue weighted by Gasteiger charge is -2.60. The number of rotatable bonds is 5. The van der Waals surface area contributed by atoms with Gasteiger partial charge in [0.15, 0.2) is 0 Å². The number of nitrogens with zero attached hydrogens (tertiary/aromatic N) is 1. The van der Waals surface area contributed by atoms with Crippen LogP contribution in [-0.4, -0.2) is 47.2 Å². The van der Waals surface area contributed by atoms with Crippen LogP contribution in [0, 0.1) is 23.2 Å². The van der Waals surface area contributed by atoms with Gasteiger partial charge >= 0.3 is 0 Å².